The Balaban J connectivity index is 1.85. The Morgan fingerprint density at radius 3 is 2.61 bits per heavy atom. The molecule has 0 radical (unpaired) electrons. The van der Waals surface area contributed by atoms with Crippen LogP contribution in [0, 0.1) is 13.8 Å². The summed E-state index contributed by atoms with van der Waals surface area (Å²) >= 11 is 18.3. The van der Waals surface area contributed by atoms with E-state index in [2.05, 4.69) is 39.7 Å². The van der Waals surface area contributed by atoms with Gasteiger partial charge in [0.1, 0.15) is 0 Å². The molecule has 3 aromatic rings. The number of nitrogens with one attached hydrogen (secondary N) is 1. The molecular weight excluding hydrogens is 411 g/mol. The molecule has 0 spiro atoms. The van der Waals surface area contributed by atoms with E-state index in [1.807, 2.05) is 43.6 Å². The lowest BCUT2D eigenvalue weighted by atomic mass is 9.97. The molecule has 1 fully saturated rings. The maximum absolute atomic E-state index is 6.51. The maximum Gasteiger partial charge on any atom is 0.169 e. The third-order valence-electron chi connectivity index (χ3n) is 5.30. The minimum absolute atomic E-state index is 0.0255. The third kappa shape index (κ3) is 3.08. The van der Waals surface area contributed by atoms with Gasteiger partial charge < -0.3 is 14.8 Å². The van der Waals surface area contributed by atoms with Crippen molar-refractivity contribution in [2.45, 2.75) is 25.9 Å². The SMILES string of the molecule is Cc1cc([C@@H]2[C@@H](c3ccccn3)NC(=S)N2C)c(C)n1-c1cccc(Cl)c1Cl. The lowest BCUT2D eigenvalue weighted by Gasteiger charge is -2.24. The van der Waals surface area contributed by atoms with Crippen molar-refractivity contribution >= 4 is 40.5 Å². The van der Waals surface area contributed by atoms with Gasteiger partial charge in [-0.25, -0.2) is 0 Å². The summed E-state index contributed by atoms with van der Waals surface area (Å²) in [6.45, 7) is 4.18. The van der Waals surface area contributed by atoms with E-state index in [4.69, 9.17) is 35.4 Å². The van der Waals surface area contributed by atoms with Crippen LogP contribution in [0.3, 0.4) is 0 Å². The Morgan fingerprint density at radius 2 is 1.89 bits per heavy atom. The number of pyridine rings is 1. The van der Waals surface area contributed by atoms with E-state index in [1.54, 1.807) is 6.07 Å². The highest BCUT2D eigenvalue weighted by atomic mass is 35.5. The molecule has 7 heteroatoms. The van der Waals surface area contributed by atoms with Crippen molar-refractivity contribution in [3.63, 3.8) is 0 Å². The molecule has 0 unspecified atom stereocenters. The van der Waals surface area contributed by atoms with Crippen LogP contribution in [-0.2, 0) is 0 Å². The summed E-state index contributed by atoms with van der Waals surface area (Å²) < 4.78 is 2.15. The van der Waals surface area contributed by atoms with Gasteiger partial charge in [-0.2, -0.15) is 0 Å². The molecule has 4 rings (SSSR count). The number of benzene rings is 1. The highest BCUT2D eigenvalue weighted by molar-refractivity contribution is 7.80. The Kier molecular flexibility index (Phi) is 5.08. The first-order valence-electron chi connectivity index (χ1n) is 8.97. The second kappa shape index (κ2) is 7.39. The van der Waals surface area contributed by atoms with Crippen molar-refractivity contribution in [3.05, 3.63) is 81.4 Å². The second-order valence-corrected chi connectivity index (χ2v) is 8.14. The van der Waals surface area contributed by atoms with Crippen molar-refractivity contribution in [2.75, 3.05) is 7.05 Å². The normalized spacial score (nSPS) is 19.2. The number of hydrogen-bond acceptors (Lipinski definition) is 2. The zero-order valence-electron chi connectivity index (χ0n) is 15.8. The molecule has 28 heavy (non-hydrogen) atoms. The van der Waals surface area contributed by atoms with Crippen LogP contribution >= 0.6 is 35.4 Å². The summed E-state index contributed by atoms with van der Waals surface area (Å²) in [4.78, 5) is 6.65. The Hall–Kier alpha value is -2.08. The maximum atomic E-state index is 6.51. The number of hydrogen-bond donors (Lipinski definition) is 1. The smallest absolute Gasteiger partial charge is 0.169 e. The van der Waals surface area contributed by atoms with Crippen molar-refractivity contribution in [1.29, 1.82) is 0 Å². The summed E-state index contributed by atoms with van der Waals surface area (Å²) in [5.41, 5.74) is 5.21. The lowest BCUT2D eigenvalue weighted by molar-refractivity contribution is 0.367. The standard InChI is InChI=1S/C21H20Cl2N4S/c1-12-11-14(13(2)27(12)17-9-6-7-15(22)18(17)23)20-19(25-21(28)26(20)3)16-8-4-5-10-24-16/h4-11,19-20H,1-3H3,(H,25,28)/t19-,20-/m1/s1. The van der Waals surface area contributed by atoms with Crippen LogP contribution in [0.2, 0.25) is 10.0 Å². The summed E-state index contributed by atoms with van der Waals surface area (Å²) in [5.74, 6) is 0. The molecule has 2 atom stereocenters. The first-order valence-corrected chi connectivity index (χ1v) is 10.1. The molecule has 1 N–H and O–H groups in total. The molecule has 1 aliphatic heterocycles. The van der Waals surface area contributed by atoms with Gasteiger partial charge in [0.2, 0.25) is 0 Å². The van der Waals surface area contributed by atoms with E-state index in [1.165, 1.54) is 5.56 Å². The summed E-state index contributed by atoms with van der Waals surface area (Å²) in [6.07, 6.45) is 1.81. The zero-order chi connectivity index (χ0) is 20.0. The summed E-state index contributed by atoms with van der Waals surface area (Å²) in [5, 5.41) is 5.23. The van der Waals surface area contributed by atoms with Crippen molar-refractivity contribution < 1.29 is 0 Å². The van der Waals surface area contributed by atoms with E-state index < -0.39 is 0 Å². The number of rotatable bonds is 3. The van der Waals surface area contributed by atoms with Gasteiger partial charge in [0.25, 0.3) is 0 Å². The first-order chi connectivity index (χ1) is 13.4. The van der Waals surface area contributed by atoms with E-state index >= 15 is 0 Å². The van der Waals surface area contributed by atoms with Gasteiger partial charge in [0, 0.05) is 24.6 Å². The molecule has 0 aliphatic carbocycles. The molecule has 0 amide bonds. The molecule has 1 aromatic carbocycles. The average molecular weight is 431 g/mol. The van der Waals surface area contributed by atoms with Crippen LogP contribution in [0.1, 0.15) is 34.7 Å². The van der Waals surface area contributed by atoms with Crippen molar-refractivity contribution in [2.24, 2.45) is 0 Å². The topological polar surface area (TPSA) is 33.1 Å². The fourth-order valence-electron chi connectivity index (χ4n) is 3.97. The summed E-state index contributed by atoms with van der Waals surface area (Å²) in [6, 6.07) is 13.8. The highest BCUT2D eigenvalue weighted by Gasteiger charge is 2.39. The minimum Gasteiger partial charge on any atom is -0.352 e. The molecule has 0 bridgehead atoms. The van der Waals surface area contributed by atoms with E-state index in [-0.39, 0.29) is 12.1 Å². The van der Waals surface area contributed by atoms with Crippen molar-refractivity contribution in [3.8, 4) is 5.69 Å². The van der Waals surface area contributed by atoms with Gasteiger partial charge >= 0.3 is 0 Å². The fourth-order valence-corrected chi connectivity index (χ4v) is 4.59. The molecule has 2 aromatic heterocycles. The zero-order valence-corrected chi connectivity index (χ0v) is 18.1. The monoisotopic (exact) mass is 430 g/mol. The fraction of sp³-hybridized carbons (Fsp3) is 0.238. The van der Waals surface area contributed by atoms with Crippen LogP contribution in [0.5, 0.6) is 0 Å². The van der Waals surface area contributed by atoms with Crippen molar-refractivity contribution in [1.82, 2.24) is 19.8 Å². The quantitative estimate of drug-likeness (QED) is 0.563. The molecular formula is C21H20Cl2N4S. The highest BCUT2D eigenvalue weighted by Crippen LogP contribution is 2.41. The number of aromatic nitrogens is 2. The van der Waals surface area contributed by atoms with Crippen LogP contribution < -0.4 is 5.32 Å². The van der Waals surface area contributed by atoms with Crippen LogP contribution in [0.25, 0.3) is 5.69 Å². The largest absolute Gasteiger partial charge is 0.352 e. The van der Waals surface area contributed by atoms with Gasteiger partial charge in [0.05, 0.1) is 33.5 Å². The number of thiocarbonyl (C=S) groups is 1. The molecule has 1 aliphatic rings. The Bertz CT molecular complexity index is 1050. The number of aryl methyl sites for hydroxylation is 1. The van der Waals surface area contributed by atoms with Crippen LogP contribution in [-0.4, -0.2) is 26.6 Å². The van der Waals surface area contributed by atoms with Gasteiger partial charge in [-0.05, 0) is 62.0 Å². The lowest BCUT2D eigenvalue weighted by Crippen LogP contribution is -2.25. The van der Waals surface area contributed by atoms with Crippen LogP contribution in [0.4, 0.5) is 0 Å². The third-order valence-corrected chi connectivity index (χ3v) is 6.51. The summed E-state index contributed by atoms with van der Waals surface area (Å²) in [7, 11) is 2.02. The Labute approximate surface area is 180 Å². The van der Waals surface area contributed by atoms with E-state index in [0.717, 1.165) is 22.8 Å². The number of halogens is 2. The predicted octanol–water partition coefficient (Wildman–Crippen LogP) is 5.40. The molecule has 1 saturated heterocycles. The average Bonchev–Trinajstić information content (AvgIpc) is 3.14. The van der Waals surface area contributed by atoms with Crippen LogP contribution in [0.15, 0.2) is 48.7 Å². The van der Waals surface area contributed by atoms with Gasteiger partial charge in [0.15, 0.2) is 5.11 Å². The molecule has 144 valence electrons. The number of nitrogens with zero attached hydrogens (tertiary/aromatic N) is 3. The molecule has 4 nitrogen and oxygen atoms in total. The molecule has 0 saturated carbocycles. The van der Waals surface area contributed by atoms with E-state index in [9.17, 15) is 0 Å². The number of likely N-dealkylation sites (N-methyl/N-ethyl adjacent to an activating group) is 1. The minimum atomic E-state index is -0.0255. The molecule has 3 heterocycles. The van der Waals surface area contributed by atoms with Gasteiger partial charge in [-0.3, -0.25) is 4.98 Å². The van der Waals surface area contributed by atoms with E-state index in [0.29, 0.717) is 15.2 Å². The van der Waals surface area contributed by atoms with Gasteiger partial charge in [-0.1, -0.05) is 35.3 Å². The second-order valence-electron chi connectivity index (χ2n) is 6.97. The predicted molar refractivity (Wildman–Crippen MR) is 118 cm³/mol. The first kappa shape index (κ1) is 19.2. The van der Waals surface area contributed by atoms with Gasteiger partial charge in [-0.15, -0.1) is 0 Å². The Morgan fingerprint density at radius 1 is 1.11 bits per heavy atom.